The van der Waals surface area contributed by atoms with Gasteiger partial charge < -0.3 is 15.6 Å². The number of aromatic nitrogens is 2. The average molecular weight is 208 g/mol. The topological polar surface area (TPSA) is 75.0 Å². The van der Waals surface area contributed by atoms with E-state index in [0.29, 0.717) is 11.7 Å². The second kappa shape index (κ2) is 4.44. The Bertz CT molecular complexity index is 376. The van der Waals surface area contributed by atoms with Crippen LogP contribution in [0.15, 0.2) is 17.2 Å². The van der Waals surface area contributed by atoms with Crippen LogP contribution in [0.5, 0.6) is 0 Å². The molecule has 0 aliphatic carbocycles. The number of aromatic amines is 1. The van der Waals surface area contributed by atoms with E-state index in [1.807, 2.05) is 4.90 Å². The number of nitrogens with one attached hydrogen (secondary N) is 1. The van der Waals surface area contributed by atoms with E-state index in [0.717, 1.165) is 32.5 Å². The largest absolute Gasteiger partial charge is 0.352 e. The van der Waals surface area contributed by atoms with Crippen molar-refractivity contribution in [3.8, 4) is 0 Å². The van der Waals surface area contributed by atoms with Gasteiger partial charge in [-0.15, -0.1) is 0 Å². The second-order valence-corrected chi connectivity index (χ2v) is 3.92. The van der Waals surface area contributed by atoms with E-state index in [-0.39, 0.29) is 5.56 Å². The second-order valence-electron chi connectivity index (χ2n) is 3.92. The summed E-state index contributed by atoms with van der Waals surface area (Å²) in [6.07, 6.45) is 5.31. The van der Waals surface area contributed by atoms with Crippen molar-refractivity contribution in [2.45, 2.75) is 12.8 Å². The summed E-state index contributed by atoms with van der Waals surface area (Å²) in [5.41, 5.74) is 5.41. The quantitative estimate of drug-likeness (QED) is 0.730. The summed E-state index contributed by atoms with van der Waals surface area (Å²) in [6.45, 7) is 2.53. The molecule has 2 rings (SSSR count). The lowest BCUT2D eigenvalue weighted by Crippen LogP contribution is -2.28. The van der Waals surface area contributed by atoms with Crippen LogP contribution in [0.4, 0.5) is 5.82 Å². The van der Waals surface area contributed by atoms with Crippen LogP contribution in [0.1, 0.15) is 12.8 Å². The summed E-state index contributed by atoms with van der Waals surface area (Å²) in [5.74, 6) is 1.15. The van der Waals surface area contributed by atoms with E-state index in [4.69, 9.17) is 5.73 Å². The molecule has 0 amide bonds. The smallest absolute Gasteiger partial charge is 0.290 e. The Morgan fingerprint density at radius 2 is 2.53 bits per heavy atom. The van der Waals surface area contributed by atoms with Crippen molar-refractivity contribution in [3.63, 3.8) is 0 Å². The van der Waals surface area contributed by atoms with Crippen molar-refractivity contribution in [2.75, 3.05) is 24.5 Å². The molecule has 1 aromatic heterocycles. The summed E-state index contributed by atoms with van der Waals surface area (Å²) < 4.78 is 0. The molecule has 2 heterocycles. The van der Waals surface area contributed by atoms with Gasteiger partial charge in [-0.05, 0) is 25.3 Å². The van der Waals surface area contributed by atoms with Crippen LogP contribution in [-0.4, -0.2) is 29.6 Å². The summed E-state index contributed by atoms with van der Waals surface area (Å²) in [6, 6.07) is 0. The van der Waals surface area contributed by atoms with Gasteiger partial charge in [0, 0.05) is 25.5 Å². The molecule has 1 unspecified atom stereocenters. The van der Waals surface area contributed by atoms with Crippen LogP contribution in [-0.2, 0) is 0 Å². The molecular weight excluding hydrogens is 192 g/mol. The number of rotatable bonds is 3. The minimum absolute atomic E-state index is 0.106. The zero-order chi connectivity index (χ0) is 10.7. The van der Waals surface area contributed by atoms with E-state index in [9.17, 15) is 4.79 Å². The summed E-state index contributed by atoms with van der Waals surface area (Å²) in [4.78, 5) is 20.3. The van der Waals surface area contributed by atoms with Gasteiger partial charge in [0.15, 0.2) is 5.82 Å². The zero-order valence-electron chi connectivity index (χ0n) is 8.65. The van der Waals surface area contributed by atoms with Crippen molar-refractivity contribution >= 4 is 5.82 Å². The molecule has 0 saturated carbocycles. The highest BCUT2D eigenvalue weighted by atomic mass is 16.1. The van der Waals surface area contributed by atoms with E-state index < -0.39 is 0 Å². The Morgan fingerprint density at radius 3 is 3.27 bits per heavy atom. The van der Waals surface area contributed by atoms with Gasteiger partial charge in [-0.25, -0.2) is 4.98 Å². The van der Waals surface area contributed by atoms with Crippen molar-refractivity contribution < 1.29 is 0 Å². The fraction of sp³-hybridized carbons (Fsp3) is 0.600. The first-order valence-corrected chi connectivity index (χ1v) is 5.30. The van der Waals surface area contributed by atoms with Crippen molar-refractivity contribution in [1.82, 2.24) is 9.97 Å². The molecule has 15 heavy (non-hydrogen) atoms. The lowest BCUT2D eigenvalue weighted by molar-refractivity contribution is 0.546. The van der Waals surface area contributed by atoms with Crippen LogP contribution < -0.4 is 16.2 Å². The molecule has 1 fully saturated rings. The van der Waals surface area contributed by atoms with Crippen LogP contribution >= 0.6 is 0 Å². The van der Waals surface area contributed by atoms with Gasteiger partial charge in [0.25, 0.3) is 5.56 Å². The van der Waals surface area contributed by atoms with E-state index in [1.54, 1.807) is 12.4 Å². The van der Waals surface area contributed by atoms with Gasteiger partial charge in [-0.1, -0.05) is 0 Å². The molecule has 1 aromatic rings. The molecule has 3 N–H and O–H groups in total. The first-order chi connectivity index (χ1) is 7.31. The molecule has 0 spiro atoms. The van der Waals surface area contributed by atoms with Gasteiger partial charge in [0.1, 0.15) is 0 Å². The number of hydrogen-bond donors (Lipinski definition) is 2. The highest BCUT2D eigenvalue weighted by molar-refractivity contribution is 5.36. The molecule has 1 saturated heterocycles. The molecule has 5 heteroatoms. The van der Waals surface area contributed by atoms with Gasteiger partial charge in [-0.3, -0.25) is 4.79 Å². The van der Waals surface area contributed by atoms with E-state index >= 15 is 0 Å². The minimum Gasteiger partial charge on any atom is -0.352 e. The van der Waals surface area contributed by atoms with Gasteiger partial charge >= 0.3 is 0 Å². The van der Waals surface area contributed by atoms with Crippen LogP contribution in [0.25, 0.3) is 0 Å². The maximum Gasteiger partial charge on any atom is 0.290 e. The number of H-pyrrole nitrogens is 1. The van der Waals surface area contributed by atoms with Gasteiger partial charge in [-0.2, -0.15) is 0 Å². The molecular formula is C10H16N4O. The Labute approximate surface area is 88.3 Å². The third-order valence-electron chi connectivity index (χ3n) is 2.85. The number of nitrogens with zero attached hydrogens (tertiary/aromatic N) is 2. The fourth-order valence-electron chi connectivity index (χ4n) is 2.07. The molecule has 1 aliphatic heterocycles. The summed E-state index contributed by atoms with van der Waals surface area (Å²) in [5, 5.41) is 0. The monoisotopic (exact) mass is 208 g/mol. The third-order valence-corrected chi connectivity index (χ3v) is 2.85. The maximum atomic E-state index is 11.5. The fourth-order valence-corrected chi connectivity index (χ4v) is 2.07. The highest BCUT2D eigenvalue weighted by Gasteiger charge is 2.24. The van der Waals surface area contributed by atoms with Crippen molar-refractivity contribution in [2.24, 2.45) is 11.7 Å². The first-order valence-electron chi connectivity index (χ1n) is 5.30. The third kappa shape index (κ3) is 2.18. The molecule has 82 valence electrons. The number of anilines is 1. The number of nitrogens with two attached hydrogens (primary N) is 1. The molecule has 0 aromatic carbocycles. The predicted molar refractivity (Wildman–Crippen MR) is 58.8 cm³/mol. The SMILES string of the molecule is NCCC1CCN(c2ncc[nH]c2=O)C1. The molecule has 1 atom stereocenters. The Kier molecular flexibility index (Phi) is 3.01. The first kappa shape index (κ1) is 10.2. The van der Waals surface area contributed by atoms with E-state index in [2.05, 4.69) is 9.97 Å². The highest BCUT2D eigenvalue weighted by Crippen LogP contribution is 2.21. The molecule has 5 nitrogen and oxygen atoms in total. The lowest BCUT2D eigenvalue weighted by atomic mass is 10.1. The summed E-state index contributed by atoms with van der Waals surface area (Å²) in [7, 11) is 0. The van der Waals surface area contributed by atoms with Crippen LogP contribution in [0.3, 0.4) is 0 Å². The molecule has 0 bridgehead atoms. The van der Waals surface area contributed by atoms with Gasteiger partial charge in [0.2, 0.25) is 0 Å². The maximum absolute atomic E-state index is 11.5. The minimum atomic E-state index is -0.106. The Morgan fingerprint density at radius 1 is 1.67 bits per heavy atom. The van der Waals surface area contributed by atoms with E-state index in [1.165, 1.54) is 0 Å². The molecule has 0 radical (unpaired) electrons. The van der Waals surface area contributed by atoms with Gasteiger partial charge in [0.05, 0.1) is 0 Å². The standard InChI is InChI=1S/C10H16N4O/c11-3-1-8-2-6-14(7-8)9-10(15)13-5-4-12-9/h4-5,8H,1-3,6-7,11H2,(H,13,15). The zero-order valence-corrected chi connectivity index (χ0v) is 8.65. The molecule has 1 aliphatic rings. The van der Waals surface area contributed by atoms with Crippen LogP contribution in [0, 0.1) is 5.92 Å². The lowest BCUT2D eigenvalue weighted by Gasteiger charge is -2.15. The van der Waals surface area contributed by atoms with Crippen molar-refractivity contribution in [1.29, 1.82) is 0 Å². The Hall–Kier alpha value is -1.36. The average Bonchev–Trinajstić information content (AvgIpc) is 2.68. The van der Waals surface area contributed by atoms with Crippen molar-refractivity contribution in [3.05, 3.63) is 22.7 Å². The Balaban J connectivity index is 2.08. The summed E-state index contributed by atoms with van der Waals surface area (Å²) >= 11 is 0. The predicted octanol–water partition coefficient (Wildman–Crippen LogP) is -0.0550. The number of hydrogen-bond acceptors (Lipinski definition) is 4. The normalized spacial score (nSPS) is 20.9. The van der Waals surface area contributed by atoms with Crippen LogP contribution in [0.2, 0.25) is 0 Å².